The van der Waals surface area contributed by atoms with Crippen LogP contribution in [0.2, 0.25) is 10.3 Å². The highest BCUT2D eigenvalue weighted by Gasteiger charge is 2.15. The Morgan fingerprint density at radius 1 is 0.917 bits per heavy atom. The fraction of sp³-hybridized carbons (Fsp3) is 0. The molecule has 0 atom stereocenters. The van der Waals surface area contributed by atoms with Crippen LogP contribution in [-0.4, -0.2) is 9.97 Å². The number of thiophene rings is 1. The summed E-state index contributed by atoms with van der Waals surface area (Å²) in [5.74, 6) is 0.673. The lowest BCUT2D eigenvalue weighted by atomic mass is 10.1. The maximum absolute atomic E-state index is 6.09. The molecule has 24 heavy (non-hydrogen) atoms. The molecule has 0 aliphatic heterocycles. The van der Waals surface area contributed by atoms with Crippen molar-refractivity contribution in [3.05, 3.63) is 70.3 Å². The van der Waals surface area contributed by atoms with Gasteiger partial charge in [0.05, 0.1) is 5.39 Å². The third kappa shape index (κ3) is 2.96. The van der Waals surface area contributed by atoms with E-state index in [0.29, 0.717) is 10.8 Å². The van der Waals surface area contributed by atoms with Crippen molar-refractivity contribution in [3.8, 4) is 11.1 Å². The van der Waals surface area contributed by atoms with E-state index >= 15 is 0 Å². The number of rotatable bonds is 3. The van der Waals surface area contributed by atoms with Crippen LogP contribution in [0.1, 0.15) is 0 Å². The minimum Gasteiger partial charge on any atom is -0.339 e. The van der Waals surface area contributed by atoms with Gasteiger partial charge in [0.2, 0.25) is 5.28 Å². The molecule has 3 nitrogen and oxygen atoms in total. The fourth-order valence-corrected chi connectivity index (χ4v) is 3.90. The van der Waals surface area contributed by atoms with E-state index in [-0.39, 0.29) is 5.28 Å². The first-order valence-corrected chi connectivity index (χ1v) is 8.87. The number of hydrogen-bond donors (Lipinski definition) is 1. The van der Waals surface area contributed by atoms with Crippen LogP contribution in [0.15, 0.2) is 60.0 Å². The highest BCUT2D eigenvalue weighted by Crippen LogP contribution is 2.38. The summed E-state index contributed by atoms with van der Waals surface area (Å²) < 4.78 is 0. The molecule has 2 aromatic heterocycles. The molecule has 0 radical (unpaired) electrons. The Balaban J connectivity index is 1.89. The number of nitrogens with one attached hydrogen (secondary N) is 1. The van der Waals surface area contributed by atoms with Crippen molar-refractivity contribution >= 4 is 56.3 Å². The molecule has 0 spiro atoms. The zero-order chi connectivity index (χ0) is 16.5. The number of aromatic nitrogens is 2. The van der Waals surface area contributed by atoms with Crippen LogP contribution >= 0.6 is 34.5 Å². The summed E-state index contributed by atoms with van der Waals surface area (Å²) in [6.45, 7) is 0. The van der Waals surface area contributed by atoms with Crippen molar-refractivity contribution in [3.63, 3.8) is 0 Å². The largest absolute Gasteiger partial charge is 0.339 e. The number of nitrogens with zero attached hydrogens (tertiary/aromatic N) is 2. The lowest BCUT2D eigenvalue weighted by molar-refractivity contribution is 1.23. The molecule has 2 heterocycles. The van der Waals surface area contributed by atoms with Crippen LogP contribution in [0, 0.1) is 0 Å². The standard InChI is InChI=1S/C18H11Cl2N3S/c19-12-7-4-8-13(9-12)21-16-15-14(11-5-2-1-3-6-11)10-24-17(15)23-18(20)22-16/h1-10H,(H,21,22,23). The zero-order valence-electron chi connectivity index (χ0n) is 12.3. The van der Waals surface area contributed by atoms with Gasteiger partial charge in [-0.1, -0.05) is 48.0 Å². The Labute approximate surface area is 152 Å². The maximum Gasteiger partial charge on any atom is 0.225 e. The van der Waals surface area contributed by atoms with Crippen LogP contribution in [-0.2, 0) is 0 Å². The van der Waals surface area contributed by atoms with E-state index in [4.69, 9.17) is 23.2 Å². The Bertz CT molecular complexity index is 1020. The van der Waals surface area contributed by atoms with E-state index in [0.717, 1.165) is 27.0 Å². The van der Waals surface area contributed by atoms with Gasteiger partial charge in [0.15, 0.2) is 0 Å². The molecule has 0 bridgehead atoms. The van der Waals surface area contributed by atoms with Crippen molar-refractivity contribution in [1.29, 1.82) is 0 Å². The van der Waals surface area contributed by atoms with Crippen molar-refractivity contribution in [1.82, 2.24) is 9.97 Å². The van der Waals surface area contributed by atoms with Crippen LogP contribution in [0.5, 0.6) is 0 Å². The van der Waals surface area contributed by atoms with E-state index in [1.54, 1.807) is 11.3 Å². The van der Waals surface area contributed by atoms with Gasteiger partial charge in [0.25, 0.3) is 0 Å². The lowest BCUT2D eigenvalue weighted by Gasteiger charge is -2.09. The second-order valence-corrected chi connectivity index (χ2v) is 6.80. The first kappa shape index (κ1) is 15.4. The third-order valence-electron chi connectivity index (χ3n) is 3.58. The zero-order valence-corrected chi connectivity index (χ0v) is 14.7. The molecule has 0 fully saturated rings. The average Bonchev–Trinajstić information content (AvgIpc) is 2.99. The summed E-state index contributed by atoms with van der Waals surface area (Å²) in [6, 6.07) is 17.7. The van der Waals surface area contributed by atoms with Crippen molar-refractivity contribution in [2.24, 2.45) is 0 Å². The number of anilines is 2. The Hall–Kier alpha value is -2.14. The second kappa shape index (κ2) is 6.40. The van der Waals surface area contributed by atoms with Crippen LogP contribution in [0.4, 0.5) is 11.5 Å². The molecule has 0 amide bonds. The smallest absolute Gasteiger partial charge is 0.225 e. The van der Waals surface area contributed by atoms with Gasteiger partial charge in [-0.2, -0.15) is 4.98 Å². The monoisotopic (exact) mass is 371 g/mol. The summed E-state index contributed by atoms with van der Waals surface area (Å²) in [5.41, 5.74) is 3.05. The summed E-state index contributed by atoms with van der Waals surface area (Å²) in [4.78, 5) is 9.59. The molecule has 6 heteroatoms. The fourth-order valence-electron chi connectivity index (χ4n) is 2.54. The highest BCUT2D eigenvalue weighted by molar-refractivity contribution is 7.17. The molecule has 4 aromatic rings. The predicted octanol–water partition coefficient (Wildman–Crippen LogP) is 6.41. The molecular weight excluding hydrogens is 361 g/mol. The number of hydrogen-bond acceptors (Lipinski definition) is 4. The van der Waals surface area contributed by atoms with Gasteiger partial charge in [-0.3, -0.25) is 0 Å². The van der Waals surface area contributed by atoms with Gasteiger partial charge in [-0.05, 0) is 35.4 Å². The van der Waals surface area contributed by atoms with Gasteiger partial charge in [0.1, 0.15) is 10.6 Å². The molecule has 0 aliphatic rings. The van der Waals surface area contributed by atoms with E-state index in [2.05, 4.69) is 32.8 Å². The summed E-state index contributed by atoms with van der Waals surface area (Å²) in [7, 11) is 0. The van der Waals surface area contributed by atoms with Crippen LogP contribution in [0.25, 0.3) is 21.3 Å². The van der Waals surface area contributed by atoms with Gasteiger partial charge in [-0.15, -0.1) is 11.3 Å². The summed E-state index contributed by atoms with van der Waals surface area (Å²) >= 11 is 13.7. The van der Waals surface area contributed by atoms with Crippen LogP contribution < -0.4 is 5.32 Å². The normalized spacial score (nSPS) is 10.9. The minimum atomic E-state index is 0.216. The maximum atomic E-state index is 6.09. The molecule has 0 aliphatic carbocycles. The predicted molar refractivity (Wildman–Crippen MR) is 103 cm³/mol. The molecule has 0 saturated carbocycles. The lowest BCUT2D eigenvalue weighted by Crippen LogP contribution is -1.96. The van der Waals surface area contributed by atoms with Gasteiger partial charge in [0, 0.05) is 21.7 Å². The molecule has 1 N–H and O–H groups in total. The van der Waals surface area contributed by atoms with E-state index < -0.39 is 0 Å². The molecular formula is C18H11Cl2N3S. The first-order valence-electron chi connectivity index (χ1n) is 7.23. The number of benzene rings is 2. The van der Waals surface area contributed by atoms with Crippen molar-refractivity contribution in [2.75, 3.05) is 5.32 Å². The van der Waals surface area contributed by atoms with Crippen molar-refractivity contribution in [2.45, 2.75) is 0 Å². The quantitative estimate of drug-likeness (QED) is 0.422. The van der Waals surface area contributed by atoms with E-state index in [1.807, 2.05) is 42.5 Å². The number of fused-ring (bicyclic) bond motifs is 1. The highest BCUT2D eigenvalue weighted by atomic mass is 35.5. The van der Waals surface area contributed by atoms with Crippen LogP contribution in [0.3, 0.4) is 0 Å². The molecule has 4 rings (SSSR count). The summed E-state index contributed by atoms with van der Waals surface area (Å²) in [5, 5.41) is 7.22. The van der Waals surface area contributed by atoms with Gasteiger partial charge < -0.3 is 5.32 Å². The van der Waals surface area contributed by atoms with Gasteiger partial charge in [-0.25, -0.2) is 4.98 Å². The second-order valence-electron chi connectivity index (χ2n) is 5.17. The van der Waals surface area contributed by atoms with Gasteiger partial charge >= 0.3 is 0 Å². The molecule has 2 aromatic carbocycles. The summed E-state index contributed by atoms with van der Waals surface area (Å²) in [6.07, 6.45) is 0. The molecule has 0 unspecified atom stereocenters. The average molecular weight is 372 g/mol. The van der Waals surface area contributed by atoms with E-state index in [1.165, 1.54) is 0 Å². The SMILES string of the molecule is Clc1cccc(Nc2nc(Cl)nc3scc(-c4ccccc4)c23)c1. The van der Waals surface area contributed by atoms with E-state index in [9.17, 15) is 0 Å². The minimum absolute atomic E-state index is 0.216. The van der Waals surface area contributed by atoms with Crippen molar-refractivity contribution < 1.29 is 0 Å². The Morgan fingerprint density at radius 3 is 2.54 bits per heavy atom. The third-order valence-corrected chi connectivity index (χ3v) is 4.85. The molecule has 118 valence electrons. The first-order chi connectivity index (χ1) is 11.7. The molecule has 0 saturated heterocycles. The topological polar surface area (TPSA) is 37.8 Å². The Kier molecular flexibility index (Phi) is 4.10. The number of halogens is 2. The Morgan fingerprint density at radius 2 is 1.75 bits per heavy atom.